The van der Waals surface area contributed by atoms with Gasteiger partial charge in [0.05, 0.1) is 23.0 Å². The maximum Gasteiger partial charge on any atom is 0.186 e. The third-order valence-corrected chi connectivity index (χ3v) is 3.31. The number of ketones is 1. The summed E-state index contributed by atoms with van der Waals surface area (Å²) in [7, 11) is 0. The molecule has 0 bridgehead atoms. The van der Waals surface area contributed by atoms with E-state index in [4.69, 9.17) is 0 Å². The van der Waals surface area contributed by atoms with Gasteiger partial charge in [-0.05, 0) is 30.5 Å². The largest absolute Gasteiger partial charge is 0.292 e. The van der Waals surface area contributed by atoms with Crippen LogP contribution in [0, 0.1) is 17.1 Å². The maximum atomic E-state index is 12.8. The number of aromatic nitrogens is 2. The van der Waals surface area contributed by atoms with Crippen molar-refractivity contribution in [3.8, 4) is 6.07 Å². The third-order valence-electron chi connectivity index (χ3n) is 2.67. The Bertz CT molecular complexity index is 667. The van der Waals surface area contributed by atoms with E-state index < -0.39 is 11.7 Å². The number of halogens is 1. The molecule has 0 radical (unpaired) electrons. The summed E-state index contributed by atoms with van der Waals surface area (Å²) in [6.45, 7) is 0. The maximum absolute atomic E-state index is 12.8. The quantitative estimate of drug-likeness (QED) is 0.639. The minimum absolute atomic E-state index is 0.237. The van der Waals surface area contributed by atoms with Gasteiger partial charge in [0, 0.05) is 11.8 Å². The molecule has 1 atom stereocenters. The van der Waals surface area contributed by atoms with Crippen LogP contribution in [-0.2, 0) is 0 Å². The summed E-state index contributed by atoms with van der Waals surface area (Å²) in [4.78, 5) is 20.2. The second-order valence-corrected chi connectivity index (χ2v) is 4.74. The van der Waals surface area contributed by atoms with Crippen molar-refractivity contribution in [2.45, 2.75) is 10.9 Å². The van der Waals surface area contributed by atoms with E-state index in [-0.39, 0.29) is 11.5 Å². The molecule has 100 valence electrons. The van der Waals surface area contributed by atoms with Crippen molar-refractivity contribution in [2.24, 2.45) is 0 Å². The van der Waals surface area contributed by atoms with Gasteiger partial charge >= 0.3 is 0 Å². The van der Waals surface area contributed by atoms with E-state index in [0.717, 1.165) is 6.20 Å². The third kappa shape index (κ3) is 3.00. The van der Waals surface area contributed by atoms with Crippen molar-refractivity contribution >= 4 is 17.5 Å². The van der Waals surface area contributed by atoms with Crippen molar-refractivity contribution in [3.63, 3.8) is 0 Å². The second kappa shape index (κ2) is 6.26. The molecule has 0 aliphatic heterocycles. The van der Waals surface area contributed by atoms with Crippen LogP contribution < -0.4 is 0 Å². The van der Waals surface area contributed by atoms with E-state index >= 15 is 0 Å². The summed E-state index contributed by atoms with van der Waals surface area (Å²) >= 11 is 1.41. The molecule has 0 saturated heterocycles. The lowest BCUT2D eigenvalue weighted by atomic mass is 9.96. The lowest BCUT2D eigenvalue weighted by Crippen LogP contribution is -2.13. The van der Waals surface area contributed by atoms with Crippen LogP contribution >= 0.6 is 11.8 Å². The van der Waals surface area contributed by atoms with Crippen molar-refractivity contribution in [2.75, 3.05) is 6.26 Å². The van der Waals surface area contributed by atoms with Gasteiger partial charge in [-0.25, -0.2) is 9.37 Å². The molecule has 0 saturated carbocycles. The summed E-state index contributed by atoms with van der Waals surface area (Å²) in [6, 6.07) is 7.61. The number of Topliss-reactive ketones (excluding diaryl/α,β-unsaturated/α-hetero) is 1. The van der Waals surface area contributed by atoms with Crippen molar-refractivity contribution in [1.29, 1.82) is 5.26 Å². The molecule has 4 nitrogen and oxygen atoms in total. The fraction of sp³-hybridized carbons (Fsp3) is 0.143. The molecule has 2 aromatic heterocycles. The smallest absolute Gasteiger partial charge is 0.186 e. The van der Waals surface area contributed by atoms with Gasteiger partial charge in [0.15, 0.2) is 11.7 Å². The van der Waals surface area contributed by atoms with E-state index in [1.54, 1.807) is 12.1 Å². The first-order valence-corrected chi connectivity index (χ1v) is 6.93. The standard InChI is InChI=1S/C14H10FN3OS/c1-20-13-6-9(4-5-17-13)14(19)11(7-16)12-3-2-10(15)8-18-12/h2-6,8,11H,1H3. The van der Waals surface area contributed by atoms with Crippen molar-refractivity contribution < 1.29 is 9.18 Å². The van der Waals surface area contributed by atoms with Crippen LogP contribution in [0.1, 0.15) is 22.0 Å². The van der Waals surface area contributed by atoms with E-state index in [1.165, 1.54) is 30.1 Å². The van der Waals surface area contributed by atoms with Gasteiger partial charge in [-0.15, -0.1) is 11.8 Å². The van der Waals surface area contributed by atoms with Crippen LogP contribution in [0.15, 0.2) is 41.7 Å². The van der Waals surface area contributed by atoms with E-state index in [1.807, 2.05) is 12.3 Å². The summed E-state index contributed by atoms with van der Waals surface area (Å²) in [6.07, 6.45) is 4.36. The topological polar surface area (TPSA) is 66.6 Å². The average Bonchev–Trinajstić information content (AvgIpc) is 2.50. The highest BCUT2D eigenvalue weighted by Crippen LogP contribution is 2.21. The zero-order valence-corrected chi connectivity index (χ0v) is 11.4. The normalized spacial score (nSPS) is 11.7. The average molecular weight is 287 g/mol. The Balaban J connectivity index is 2.34. The first kappa shape index (κ1) is 14.2. The predicted molar refractivity (Wildman–Crippen MR) is 72.9 cm³/mol. The lowest BCUT2D eigenvalue weighted by molar-refractivity contribution is 0.0977. The van der Waals surface area contributed by atoms with Crippen LogP contribution in [0.3, 0.4) is 0 Å². The molecule has 0 amide bonds. The number of hydrogen-bond acceptors (Lipinski definition) is 5. The first-order chi connectivity index (χ1) is 9.65. The Labute approximate surface area is 119 Å². The molecule has 1 unspecified atom stereocenters. The highest BCUT2D eigenvalue weighted by molar-refractivity contribution is 7.98. The lowest BCUT2D eigenvalue weighted by Gasteiger charge is -2.08. The molecular weight excluding hydrogens is 277 g/mol. The van der Waals surface area contributed by atoms with Crippen molar-refractivity contribution in [3.05, 3.63) is 53.7 Å². The van der Waals surface area contributed by atoms with Crippen LogP contribution in [0.4, 0.5) is 4.39 Å². The minimum atomic E-state index is -1.05. The molecular formula is C14H10FN3OS. The highest BCUT2D eigenvalue weighted by atomic mass is 32.2. The Kier molecular flexibility index (Phi) is 4.43. The zero-order chi connectivity index (χ0) is 14.5. The number of pyridine rings is 2. The SMILES string of the molecule is CSc1cc(C(=O)C(C#N)c2ccc(F)cn2)ccn1. The van der Waals surface area contributed by atoms with Gasteiger partial charge in [0.1, 0.15) is 5.82 Å². The molecule has 0 aromatic carbocycles. The molecule has 2 aromatic rings. The fourth-order valence-electron chi connectivity index (χ4n) is 1.66. The number of rotatable bonds is 4. The molecule has 2 rings (SSSR count). The fourth-order valence-corrected chi connectivity index (χ4v) is 2.07. The van der Waals surface area contributed by atoms with Gasteiger partial charge < -0.3 is 0 Å². The Morgan fingerprint density at radius 3 is 2.80 bits per heavy atom. The molecule has 6 heteroatoms. The number of carbonyl (C=O) groups is 1. The van der Waals surface area contributed by atoms with Crippen LogP contribution in [0.5, 0.6) is 0 Å². The summed E-state index contributed by atoms with van der Waals surface area (Å²) in [5.74, 6) is -1.93. The molecule has 20 heavy (non-hydrogen) atoms. The van der Waals surface area contributed by atoms with Crippen LogP contribution in [-0.4, -0.2) is 22.0 Å². The Morgan fingerprint density at radius 1 is 1.40 bits per heavy atom. The molecule has 2 heterocycles. The number of nitriles is 1. The predicted octanol–water partition coefficient (Wildman–Crippen LogP) is 2.83. The van der Waals surface area contributed by atoms with E-state index in [0.29, 0.717) is 10.6 Å². The number of thioether (sulfide) groups is 1. The number of hydrogen-bond donors (Lipinski definition) is 0. The van der Waals surface area contributed by atoms with Gasteiger partial charge in [0.25, 0.3) is 0 Å². The highest BCUT2D eigenvalue weighted by Gasteiger charge is 2.23. The monoisotopic (exact) mass is 287 g/mol. The molecule has 0 aliphatic carbocycles. The van der Waals surface area contributed by atoms with Crippen LogP contribution in [0.25, 0.3) is 0 Å². The van der Waals surface area contributed by atoms with Gasteiger partial charge in [-0.2, -0.15) is 5.26 Å². The van der Waals surface area contributed by atoms with Gasteiger partial charge in [-0.3, -0.25) is 9.78 Å². The molecule has 0 N–H and O–H groups in total. The second-order valence-electron chi connectivity index (χ2n) is 3.91. The zero-order valence-electron chi connectivity index (χ0n) is 10.6. The summed E-state index contributed by atoms with van der Waals surface area (Å²) in [5, 5.41) is 9.88. The van der Waals surface area contributed by atoms with E-state index in [2.05, 4.69) is 9.97 Å². The first-order valence-electron chi connectivity index (χ1n) is 5.71. The van der Waals surface area contributed by atoms with Crippen molar-refractivity contribution in [1.82, 2.24) is 9.97 Å². The van der Waals surface area contributed by atoms with E-state index in [9.17, 15) is 14.4 Å². The van der Waals surface area contributed by atoms with Gasteiger partial charge in [0.2, 0.25) is 0 Å². The molecule has 0 spiro atoms. The molecule has 0 aliphatic rings. The number of carbonyl (C=O) groups excluding carboxylic acids is 1. The Morgan fingerprint density at radius 2 is 2.20 bits per heavy atom. The van der Waals surface area contributed by atoms with Gasteiger partial charge in [-0.1, -0.05) is 0 Å². The van der Waals surface area contributed by atoms with Crippen LogP contribution in [0.2, 0.25) is 0 Å². The number of nitrogens with zero attached hydrogens (tertiary/aromatic N) is 3. The summed E-state index contributed by atoms with van der Waals surface area (Å²) in [5.41, 5.74) is 0.628. The molecule has 0 fully saturated rings. The summed E-state index contributed by atoms with van der Waals surface area (Å²) < 4.78 is 12.8. The Hall–Kier alpha value is -2.26. The minimum Gasteiger partial charge on any atom is -0.292 e.